The lowest BCUT2D eigenvalue weighted by atomic mass is 9.51. The standard InChI is InChI=1S/C25H18ClNO2/c26-15-6-5-7-16(12-15)27-22(28)14-25(24(27)29)13-21-17-8-1-3-10-19(17)23(25)20-11-4-2-9-18(20)21/h1-12,21,23H,13-14H2/t21?,23?,25-/m0/s1. The summed E-state index contributed by atoms with van der Waals surface area (Å²) in [4.78, 5) is 28.4. The van der Waals surface area contributed by atoms with E-state index in [1.807, 2.05) is 12.1 Å². The van der Waals surface area contributed by atoms with E-state index < -0.39 is 5.41 Å². The van der Waals surface area contributed by atoms with E-state index in [0.29, 0.717) is 17.1 Å². The summed E-state index contributed by atoms with van der Waals surface area (Å²) in [5.41, 5.74) is 4.80. The van der Waals surface area contributed by atoms with Crippen molar-refractivity contribution in [3.8, 4) is 0 Å². The summed E-state index contributed by atoms with van der Waals surface area (Å²) in [7, 11) is 0. The predicted molar refractivity (Wildman–Crippen MR) is 112 cm³/mol. The van der Waals surface area contributed by atoms with Crippen molar-refractivity contribution in [1.82, 2.24) is 0 Å². The first-order chi connectivity index (χ1) is 14.1. The van der Waals surface area contributed by atoms with E-state index in [1.54, 1.807) is 24.3 Å². The molecule has 1 heterocycles. The molecule has 0 radical (unpaired) electrons. The lowest BCUT2D eigenvalue weighted by molar-refractivity contribution is -0.127. The molecule has 7 rings (SSSR count). The smallest absolute Gasteiger partial charge is 0.241 e. The number of carbonyl (C=O) groups is 2. The maximum atomic E-state index is 13.9. The van der Waals surface area contributed by atoms with Gasteiger partial charge in [0.25, 0.3) is 0 Å². The van der Waals surface area contributed by atoms with Crippen LogP contribution in [0.5, 0.6) is 0 Å². The van der Waals surface area contributed by atoms with E-state index in [0.717, 1.165) is 0 Å². The first kappa shape index (κ1) is 17.0. The van der Waals surface area contributed by atoms with E-state index >= 15 is 0 Å². The first-order valence-electron chi connectivity index (χ1n) is 9.91. The van der Waals surface area contributed by atoms with Gasteiger partial charge in [-0.1, -0.05) is 66.2 Å². The fourth-order valence-corrected chi connectivity index (χ4v) is 6.02. The van der Waals surface area contributed by atoms with Gasteiger partial charge in [-0.3, -0.25) is 9.59 Å². The Morgan fingerprint density at radius 3 is 2.07 bits per heavy atom. The van der Waals surface area contributed by atoms with E-state index in [-0.39, 0.29) is 30.1 Å². The highest BCUT2D eigenvalue weighted by Gasteiger charge is 2.62. The molecule has 1 fully saturated rings. The highest BCUT2D eigenvalue weighted by atomic mass is 35.5. The van der Waals surface area contributed by atoms with Crippen LogP contribution in [0.15, 0.2) is 72.8 Å². The van der Waals surface area contributed by atoms with Crippen molar-refractivity contribution in [2.45, 2.75) is 24.7 Å². The molecule has 1 aliphatic heterocycles. The van der Waals surface area contributed by atoms with Crippen molar-refractivity contribution in [2.75, 3.05) is 4.90 Å². The van der Waals surface area contributed by atoms with Crippen molar-refractivity contribution in [1.29, 1.82) is 0 Å². The average molecular weight is 400 g/mol. The second kappa shape index (κ2) is 5.80. The van der Waals surface area contributed by atoms with Crippen LogP contribution in [0.4, 0.5) is 5.69 Å². The van der Waals surface area contributed by atoms with Crippen LogP contribution in [-0.4, -0.2) is 11.8 Å². The number of rotatable bonds is 1. The molecule has 2 amide bonds. The fourth-order valence-electron chi connectivity index (χ4n) is 5.84. The van der Waals surface area contributed by atoms with Crippen LogP contribution in [0.1, 0.15) is 46.9 Å². The molecular formula is C25H18ClNO2. The molecule has 142 valence electrons. The number of imide groups is 1. The topological polar surface area (TPSA) is 37.4 Å². The molecule has 0 N–H and O–H groups in total. The van der Waals surface area contributed by atoms with Crippen molar-refractivity contribution < 1.29 is 9.59 Å². The lowest BCUT2D eigenvalue weighted by Crippen LogP contribution is -2.47. The maximum absolute atomic E-state index is 13.9. The van der Waals surface area contributed by atoms with Crippen molar-refractivity contribution in [2.24, 2.45) is 5.41 Å². The van der Waals surface area contributed by atoms with Crippen molar-refractivity contribution >= 4 is 29.1 Å². The third-order valence-electron chi connectivity index (χ3n) is 6.90. The number of halogens is 1. The predicted octanol–water partition coefficient (Wildman–Crippen LogP) is 5.27. The fraction of sp³-hybridized carbons (Fsp3) is 0.200. The molecule has 1 atom stereocenters. The average Bonchev–Trinajstić information content (AvgIpc) is 2.97. The van der Waals surface area contributed by atoms with E-state index in [1.165, 1.54) is 27.2 Å². The summed E-state index contributed by atoms with van der Waals surface area (Å²) in [6.45, 7) is 0. The number of amides is 2. The molecule has 2 bridgehead atoms. The van der Waals surface area contributed by atoms with Gasteiger partial charge in [-0.2, -0.15) is 0 Å². The Balaban J connectivity index is 1.55. The Bertz CT molecular complexity index is 1160. The summed E-state index contributed by atoms with van der Waals surface area (Å²) in [5, 5.41) is 0.518. The minimum Gasteiger partial charge on any atom is -0.274 e. The number of hydrogen-bond acceptors (Lipinski definition) is 2. The Labute approximate surface area is 173 Å². The monoisotopic (exact) mass is 399 g/mol. The van der Waals surface area contributed by atoms with Gasteiger partial charge in [0.15, 0.2) is 0 Å². The lowest BCUT2D eigenvalue weighted by Gasteiger charge is -2.50. The summed E-state index contributed by atoms with van der Waals surface area (Å²) >= 11 is 6.14. The van der Waals surface area contributed by atoms with Gasteiger partial charge in [0.2, 0.25) is 11.8 Å². The van der Waals surface area contributed by atoms with Crippen LogP contribution in [0.25, 0.3) is 0 Å². The third-order valence-corrected chi connectivity index (χ3v) is 7.13. The molecule has 1 spiro atoms. The van der Waals surface area contributed by atoms with Crippen LogP contribution in [0.3, 0.4) is 0 Å². The van der Waals surface area contributed by atoms with Crippen LogP contribution < -0.4 is 4.90 Å². The van der Waals surface area contributed by atoms with Gasteiger partial charge in [-0.25, -0.2) is 4.90 Å². The zero-order chi connectivity index (χ0) is 19.8. The number of nitrogens with zero attached hydrogens (tertiary/aromatic N) is 1. The Morgan fingerprint density at radius 1 is 0.828 bits per heavy atom. The molecule has 0 saturated carbocycles. The van der Waals surface area contributed by atoms with E-state index in [9.17, 15) is 9.59 Å². The minimum absolute atomic E-state index is 0.0937. The summed E-state index contributed by atoms with van der Waals surface area (Å²) in [5.74, 6) is -0.187. The number of anilines is 1. The van der Waals surface area contributed by atoms with Crippen LogP contribution in [-0.2, 0) is 9.59 Å². The van der Waals surface area contributed by atoms with Gasteiger partial charge in [-0.05, 0) is 46.9 Å². The van der Waals surface area contributed by atoms with Crippen molar-refractivity contribution in [3.63, 3.8) is 0 Å². The van der Waals surface area contributed by atoms with Crippen LogP contribution >= 0.6 is 11.6 Å². The molecular weight excluding hydrogens is 382 g/mol. The quantitative estimate of drug-likeness (QED) is 0.523. The van der Waals surface area contributed by atoms with Gasteiger partial charge in [-0.15, -0.1) is 0 Å². The molecule has 3 aromatic carbocycles. The SMILES string of the molecule is O=C1C[C@]2(CC3c4ccccc4C2c2ccccc23)C(=O)N1c1cccc(Cl)c1. The van der Waals surface area contributed by atoms with Gasteiger partial charge in [0.1, 0.15) is 0 Å². The van der Waals surface area contributed by atoms with Gasteiger partial charge < -0.3 is 0 Å². The van der Waals surface area contributed by atoms with Gasteiger partial charge in [0, 0.05) is 23.3 Å². The summed E-state index contributed by atoms with van der Waals surface area (Å²) in [6, 6.07) is 23.8. The number of benzene rings is 3. The second-order valence-electron chi connectivity index (χ2n) is 8.29. The molecule has 1 saturated heterocycles. The minimum atomic E-state index is -0.729. The Hall–Kier alpha value is -2.91. The highest BCUT2D eigenvalue weighted by Crippen LogP contribution is 2.64. The Morgan fingerprint density at radius 2 is 1.45 bits per heavy atom. The Kier molecular flexibility index (Phi) is 3.40. The molecule has 0 aromatic heterocycles. The molecule has 3 nitrogen and oxygen atoms in total. The summed E-state index contributed by atoms with van der Waals surface area (Å²) in [6.07, 6.45) is 0.912. The van der Waals surface area contributed by atoms with Gasteiger partial charge >= 0.3 is 0 Å². The zero-order valence-corrected chi connectivity index (χ0v) is 16.4. The maximum Gasteiger partial charge on any atom is 0.241 e. The second-order valence-corrected chi connectivity index (χ2v) is 8.73. The molecule has 4 heteroatoms. The molecule has 4 aliphatic rings. The highest BCUT2D eigenvalue weighted by molar-refractivity contribution is 6.31. The molecule has 0 unspecified atom stereocenters. The number of carbonyl (C=O) groups excluding carboxylic acids is 2. The van der Waals surface area contributed by atoms with E-state index in [2.05, 4.69) is 36.4 Å². The van der Waals surface area contributed by atoms with E-state index in [4.69, 9.17) is 11.6 Å². The largest absolute Gasteiger partial charge is 0.274 e. The number of hydrogen-bond donors (Lipinski definition) is 0. The molecule has 3 aromatic rings. The first-order valence-corrected chi connectivity index (χ1v) is 10.3. The molecule has 3 aliphatic carbocycles. The molecule has 29 heavy (non-hydrogen) atoms. The van der Waals surface area contributed by atoms with Gasteiger partial charge in [0.05, 0.1) is 11.1 Å². The van der Waals surface area contributed by atoms with Crippen LogP contribution in [0, 0.1) is 5.41 Å². The normalized spacial score (nSPS) is 26.7. The third kappa shape index (κ3) is 2.14. The zero-order valence-electron chi connectivity index (χ0n) is 15.6. The van der Waals surface area contributed by atoms with Crippen molar-refractivity contribution in [3.05, 3.63) is 100 Å². The summed E-state index contributed by atoms with van der Waals surface area (Å²) < 4.78 is 0. The van der Waals surface area contributed by atoms with Crippen LogP contribution in [0.2, 0.25) is 5.02 Å².